The second-order valence-electron chi connectivity index (χ2n) is 5.68. The van der Waals surface area contributed by atoms with Crippen LogP contribution in [-0.2, 0) is 4.79 Å². The first kappa shape index (κ1) is 18.0. The van der Waals surface area contributed by atoms with Gasteiger partial charge in [0.1, 0.15) is 17.3 Å². The number of carbonyl (C=O) groups excluding carboxylic acids is 1. The number of rotatable bonds is 3. The molecule has 7 heteroatoms. The molecule has 0 N–H and O–H groups in total. The fraction of sp³-hybridized carbons (Fsp3) is 0. The lowest BCUT2D eigenvalue weighted by Crippen LogP contribution is -2.27. The SMILES string of the molecule is O=C1/C(=C\c2ccc(-c3ccccc3Cl)o2)SC(=S)N1c1ccc(F)cc1. The van der Waals surface area contributed by atoms with Gasteiger partial charge in [-0.15, -0.1) is 0 Å². The van der Waals surface area contributed by atoms with E-state index in [1.807, 2.05) is 18.2 Å². The van der Waals surface area contributed by atoms with Gasteiger partial charge in [-0.1, -0.05) is 47.7 Å². The van der Waals surface area contributed by atoms with E-state index in [4.69, 9.17) is 28.2 Å². The Morgan fingerprint density at radius 2 is 1.81 bits per heavy atom. The Morgan fingerprint density at radius 3 is 2.56 bits per heavy atom. The zero-order chi connectivity index (χ0) is 19.0. The van der Waals surface area contributed by atoms with E-state index in [1.54, 1.807) is 24.3 Å². The summed E-state index contributed by atoms with van der Waals surface area (Å²) >= 11 is 12.7. The number of furan rings is 1. The maximum absolute atomic E-state index is 13.1. The molecule has 0 saturated carbocycles. The van der Waals surface area contributed by atoms with Crippen LogP contribution in [-0.4, -0.2) is 10.2 Å². The number of carbonyl (C=O) groups is 1. The molecule has 0 unspecified atom stereocenters. The molecule has 0 aliphatic carbocycles. The summed E-state index contributed by atoms with van der Waals surface area (Å²) < 4.78 is 19.3. The maximum Gasteiger partial charge on any atom is 0.270 e. The quantitative estimate of drug-likeness (QED) is 0.379. The molecule has 1 aliphatic heterocycles. The van der Waals surface area contributed by atoms with E-state index >= 15 is 0 Å². The molecule has 2 heterocycles. The van der Waals surface area contributed by atoms with Crippen molar-refractivity contribution in [3.63, 3.8) is 0 Å². The summed E-state index contributed by atoms with van der Waals surface area (Å²) in [6.45, 7) is 0. The van der Waals surface area contributed by atoms with Gasteiger partial charge in [-0.05, 0) is 48.5 Å². The van der Waals surface area contributed by atoms with E-state index < -0.39 is 0 Å². The molecule has 134 valence electrons. The van der Waals surface area contributed by atoms with Crippen molar-refractivity contribution in [2.45, 2.75) is 0 Å². The van der Waals surface area contributed by atoms with E-state index in [0.717, 1.165) is 5.56 Å². The first-order valence-corrected chi connectivity index (χ1v) is 9.51. The van der Waals surface area contributed by atoms with Crippen molar-refractivity contribution in [1.29, 1.82) is 0 Å². The summed E-state index contributed by atoms with van der Waals surface area (Å²) in [5, 5.41) is 0.584. The minimum absolute atomic E-state index is 0.271. The monoisotopic (exact) mass is 415 g/mol. The number of hydrogen-bond acceptors (Lipinski definition) is 4. The molecule has 0 bridgehead atoms. The van der Waals surface area contributed by atoms with Gasteiger partial charge in [-0.2, -0.15) is 0 Å². The Bertz CT molecular complexity index is 1080. The zero-order valence-electron chi connectivity index (χ0n) is 13.7. The fourth-order valence-corrected chi connectivity index (χ4v) is 4.15. The Labute approximate surface area is 169 Å². The highest BCUT2D eigenvalue weighted by molar-refractivity contribution is 8.27. The summed E-state index contributed by atoms with van der Waals surface area (Å²) in [6.07, 6.45) is 1.64. The third kappa shape index (κ3) is 3.56. The zero-order valence-corrected chi connectivity index (χ0v) is 16.1. The maximum atomic E-state index is 13.1. The number of nitrogens with zero attached hydrogens (tertiary/aromatic N) is 1. The Morgan fingerprint density at radius 1 is 1.07 bits per heavy atom. The van der Waals surface area contributed by atoms with Crippen LogP contribution in [0.1, 0.15) is 5.76 Å². The summed E-state index contributed by atoms with van der Waals surface area (Å²) in [4.78, 5) is 14.5. The lowest BCUT2D eigenvalue weighted by molar-refractivity contribution is -0.113. The average Bonchev–Trinajstić information content (AvgIpc) is 3.22. The van der Waals surface area contributed by atoms with E-state index in [-0.39, 0.29) is 11.7 Å². The van der Waals surface area contributed by atoms with Gasteiger partial charge in [-0.25, -0.2) is 4.39 Å². The standard InChI is InChI=1S/C20H11ClFNO2S2/c21-16-4-2-1-3-15(16)17-10-9-14(25-17)11-18-19(24)23(20(26)27-18)13-7-5-12(22)6-8-13/h1-11H/b18-11+. The van der Waals surface area contributed by atoms with Crippen LogP contribution in [0, 0.1) is 5.82 Å². The van der Waals surface area contributed by atoms with Crippen LogP contribution in [0.4, 0.5) is 10.1 Å². The summed E-state index contributed by atoms with van der Waals surface area (Å²) in [5.41, 5.74) is 1.30. The van der Waals surface area contributed by atoms with E-state index in [1.165, 1.54) is 40.9 Å². The van der Waals surface area contributed by atoms with Gasteiger partial charge in [0.25, 0.3) is 5.91 Å². The predicted octanol–water partition coefficient (Wildman–Crippen LogP) is 6.14. The van der Waals surface area contributed by atoms with Gasteiger partial charge >= 0.3 is 0 Å². The molecule has 1 aliphatic rings. The van der Waals surface area contributed by atoms with Gasteiger partial charge in [0.2, 0.25) is 0 Å². The van der Waals surface area contributed by atoms with Crippen LogP contribution < -0.4 is 4.90 Å². The Kier molecular flexibility index (Phi) is 4.86. The highest BCUT2D eigenvalue weighted by atomic mass is 35.5. The molecule has 27 heavy (non-hydrogen) atoms. The smallest absolute Gasteiger partial charge is 0.270 e. The predicted molar refractivity (Wildman–Crippen MR) is 111 cm³/mol. The van der Waals surface area contributed by atoms with Crippen LogP contribution in [0.25, 0.3) is 17.4 Å². The number of halogens is 2. The first-order chi connectivity index (χ1) is 13.0. The summed E-state index contributed by atoms with van der Waals surface area (Å²) in [7, 11) is 0. The molecule has 0 atom stereocenters. The molecule has 0 spiro atoms. The summed E-state index contributed by atoms with van der Waals surface area (Å²) in [6, 6.07) is 16.5. The lowest BCUT2D eigenvalue weighted by Gasteiger charge is -2.14. The number of anilines is 1. The van der Waals surface area contributed by atoms with Crippen molar-refractivity contribution in [3.8, 4) is 11.3 Å². The van der Waals surface area contributed by atoms with Crippen molar-refractivity contribution in [2.75, 3.05) is 4.90 Å². The van der Waals surface area contributed by atoms with Gasteiger partial charge in [0.15, 0.2) is 4.32 Å². The van der Waals surface area contributed by atoms with Crippen LogP contribution in [0.2, 0.25) is 5.02 Å². The molecule has 1 amide bonds. The van der Waals surface area contributed by atoms with Crippen molar-refractivity contribution in [1.82, 2.24) is 0 Å². The topological polar surface area (TPSA) is 33.5 Å². The van der Waals surface area contributed by atoms with E-state index in [0.29, 0.717) is 31.5 Å². The molecule has 1 saturated heterocycles. The van der Waals surface area contributed by atoms with Crippen molar-refractivity contribution >= 4 is 57.6 Å². The molecule has 1 aromatic heterocycles. The number of benzene rings is 2. The van der Waals surface area contributed by atoms with Gasteiger partial charge in [0, 0.05) is 11.6 Å². The Hall–Kier alpha value is -2.41. The molecular formula is C20H11ClFNO2S2. The average molecular weight is 416 g/mol. The van der Waals surface area contributed by atoms with Gasteiger partial charge in [-0.3, -0.25) is 9.69 Å². The second kappa shape index (κ2) is 7.31. The van der Waals surface area contributed by atoms with Crippen LogP contribution in [0.3, 0.4) is 0 Å². The minimum Gasteiger partial charge on any atom is -0.457 e. The van der Waals surface area contributed by atoms with Gasteiger partial charge in [0.05, 0.1) is 15.6 Å². The molecule has 2 aromatic carbocycles. The Balaban J connectivity index is 1.62. The third-order valence-electron chi connectivity index (χ3n) is 3.92. The van der Waals surface area contributed by atoms with E-state index in [2.05, 4.69) is 0 Å². The number of thiocarbonyl (C=S) groups is 1. The number of hydrogen-bond donors (Lipinski definition) is 0. The lowest BCUT2D eigenvalue weighted by atomic mass is 10.2. The van der Waals surface area contributed by atoms with Crippen molar-refractivity contribution < 1.29 is 13.6 Å². The second-order valence-corrected chi connectivity index (χ2v) is 7.76. The molecular weight excluding hydrogens is 405 g/mol. The molecule has 0 radical (unpaired) electrons. The number of amides is 1. The minimum atomic E-state index is -0.373. The normalized spacial score (nSPS) is 15.8. The van der Waals surface area contributed by atoms with Crippen molar-refractivity contribution in [3.05, 3.63) is 82.2 Å². The molecule has 4 rings (SSSR count). The highest BCUT2D eigenvalue weighted by Crippen LogP contribution is 2.37. The summed E-state index contributed by atoms with van der Waals surface area (Å²) in [5.74, 6) is 0.486. The van der Waals surface area contributed by atoms with Crippen LogP contribution in [0.15, 0.2) is 70.0 Å². The number of thioether (sulfide) groups is 1. The van der Waals surface area contributed by atoms with Crippen LogP contribution in [0.5, 0.6) is 0 Å². The largest absolute Gasteiger partial charge is 0.457 e. The van der Waals surface area contributed by atoms with Gasteiger partial charge < -0.3 is 4.42 Å². The van der Waals surface area contributed by atoms with Crippen molar-refractivity contribution in [2.24, 2.45) is 0 Å². The van der Waals surface area contributed by atoms with Crippen LogP contribution >= 0.6 is 35.6 Å². The molecule has 3 nitrogen and oxygen atoms in total. The molecule has 3 aromatic rings. The first-order valence-electron chi connectivity index (χ1n) is 7.91. The third-order valence-corrected chi connectivity index (χ3v) is 5.55. The fourth-order valence-electron chi connectivity index (χ4n) is 2.65. The molecule has 1 fully saturated rings. The van der Waals surface area contributed by atoms with E-state index in [9.17, 15) is 9.18 Å². The highest BCUT2D eigenvalue weighted by Gasteiger charge is 2.33.